The van der Waals surface area contributed by atoms with Gasteiger partial charge in [-0.3, -0.25) is 14.6 Å². The number of carbonyl (C=O) groups is 2. The van der Waals surface area contributed by atoms with Gasteiger partial charge in [0, 0.05) is 22.7 Å². The largest absolute Gasteiger partial charge is 0.481 e. The molecular formula is C22H26FIN4O4. The molecule has 8 nitrogen and oxygen atoms in total. The molecule has 0 radical (unpaired) electrons. The summed E-state index contributed by atoms with van der Waals surface area (Å²) < 4.78 is 15.0. The van der Waals surface area contributed by atoms with Crippen molar-refractivity contribution in [3.63, 3.8) is 0 Å². The fourth-order valence-electron chi connectivity index (χ4n) is 3.88. The minimum atomic E-state index is -0.876. The quantitative estimate of drug-likeness (QED) is 0.429. The highest BCUT2D eigenvalue weighted by Crippen LogP contribution is 2.32. The van der Waals surface area contributed by atoms with E-state index in [1.165, 1.54) is 18.5 Å². The maximum absolute atomic E-state index is 14.2. The molecule has 4 rings (SSSR count). The van der Waals surface area contributed by atoms with Gasteiger partial charge in [0.05, 0.1) is 36.2 Å². The first-order valence-electron chi connectivity index (χ1n) is 10.3. The Morgan fingerprint density at radius 3 is 2.62 bits per heavy atom. The van der Waals surface area contributed by atoms with Crippen molar-refractivity contribution in [2.45, 2.75) is 37.8 Å². The molecule has 2 aliphatic heterocycles. The molecule has 1 unspecified atom stereocenters. The number of benzene rings is 1. The van der Waals surface area contributed by atoms with Crippen molar-refractivity contribution in [1.82, 2.24) is 15.2 Å². The van der Waals surface area contributed by atoms with Gasteiger partial charge >= 0.3 is 0 Å². The van der Waals surface area contributed by atoms with Crippen LogP contribution >= 0.6 is 22.6 Å². The molecule has 1 amide bonds. The molecule has 1 aromatic carbocycles. The minimum Gasteiger partial charge on any atom is -0.481 e. The molecular weight excluding hydrogens is 530 g/mol. The van der Waals surface area contributed by atoms with Crippen molar-refractivity contribution in [1.29, 1.82) is 0 Å². The Labute approximate surface area is 199 Å². The number of anilines is 2. The van der Waals surface area contributed by atoms with Gasteiger partial charge in [0.2, 0.25) is 0 Å². The molecule has 2 saturated heterocycles. The van der Waals surface area contributed by atoms with Crippen molar-refractivity contribution < 1.29 is 24.2 Å². The third kappa shape index (κ3) is 5.93. The number of carboxylic acids is 1. The maximum Gasteiger partial charge on any atom is 0.300 e. The van der Waals surface area contributed by atoms with E-state index in [1.807, 2.05) is 22.6 Å². The van der Waals surface area contributed by atoms with Gasteiger partial charge in [-0.25, -0.2) is 4.39 Å². The Morgan fingerprint density at radius 1 is 1.28 bits per heavy atom. The predicted molar refractivity (Wildman–Crippen MR) is 126 cm³/mol. The number of aliphatic carboxylic acids is 1. The van der Waals surface area contributed by atoms with E-state index in [-0.39, 0.29) is 17.6 Å². The van der Waals surface area contributed by atoms with Gasteiger partial charge in [0.15, 0.2) is 0 Å². The number of carboxylic acid groups (broad SMARTS) is 1. The monoisotopic (exact) mass is 556 g/mol. The highest BCUT2D eigenvalue weighted by molar-refractivity contribution is 14.1. The molecule has 4 N–H and O–H groups in total. The molecule has 2 fully saturated rings. The summed E-state index contributed by atoms with van der Waals surface area (Å²) in [6.07, 6.45) is 6.19. The second kappa shape index (κ2) is 10.5. The molecule has 0 bridgehead atoms. The zero-order valence-corrected chi connectivity index (χ0v) is 19.8. The molecule has 0 aliphatic carbocycles. The molecule has 2 aliphatic rings. The van der Waals surface area contributed by atoms with Crippen molar-refractivity contribution in [3.05, 3.63) is 51.6 Å². The Morgan fingerprint density at radius 2 is 2.00 bits per heavy atom. The van der Waals surface area contributed by atoms with Gasteiger partial charge in [-0.15, -0.1) is 0 Å². The zero-order chi connectivity index (χ0) is 23.3. The Hall–Kier alpha value is -2.31. The van der Waals surface area contributed by atoms with Gasteiger partial charge in [-0.05, 0) is 66.2 Å². The number of halogens is 2. The van der Waals surface area contributed by atoms with E-state index in [1.54, 1.807) is 23.1 Å². The first-order valence-corrected chi connectivity index (χ1v) is 11.4. The van der Waals surface area contributed by atoms with E-state index in [2.05, 4.69) is 15.6 Å². The van der Waals surface area contributed by atoms with E-state index < -0.39 is 17.4 Å². The number of hydrogen-bond donors (Lipinski definition) is 4. The number of amides is 1. The maximum atomic E-state index is 14.2. The molecule has 10 heteroatoms. The average molecular weight is 556 g/mol. The molecule has 1 atom stereocenters. The Bertz CT molecular complexity index is 974. The number of likely N-dealkylation sites (tertiary alicyclic amines) is 1. The van der Waals surface area contributed by atoms with Crippen LogP contribution in [-0.4, -0.2) is 63.3 Å². The molecule has 0 saturated carbocycles. The molecule has 2 aromatic rings. The number of piperidine rings is 1. The normalized spacial score (nSPS) is 19.2. The van der Waals surface area contributed by atoms with E-state index in [0.29, 0.717) is 24.3 Å². The highest BCUT2D eigenvalue weighted by Gasteiger charge is 2.49. The number of aliphatic hydroxyl groups is 1. The van der Waals surface area contributed by atoms with Crippen LogP contribution in [0.25, 0.3) is 0 Å². The summed E-state index contributed by atoms with van der Waals surface area (Å²) in [6, 6.07) is 6.49. The molecule has 172 valence electrons. The van der Waals surface area contributed by atoms with Crippen LogP contribution < -0.4 is 10.6 Å². The van der Waals surface area contributed by atoms with Crippen LogP contribution in [-0.2, 0) is 4.79 Å². The fourth-order valence-corrected chi connectivity index (χ4v) is 4.33. The van der Waals surface area contributed by atoms with Crippen LogP contribution in [0, 0.1) is 9.39 Å². The van der Waals surface area contributed by atoms with Crippen LogP contribution in [0.5, 0.6) is 0 Å². The standard InChI is InChI=1S/C20H22FIN4O2.C2H4O2/c21-15-9-13(22)4-5-16(15)25-17-10-23-8-6-14(17)19(27)26-11-20(28,12-26)18-3-1-2-7-24-18;1-2(3)4/h4-6,8-10,18,24-25,28H,1-3,7,11-12H2;1H3,(H,3,4). The minimum absolute atomic E-state index is 0.0289. The van der Waals surface area contributed by atoms with Crippen LogP contribution in [0.15, 0.2) is 36.7 Å². The molecule has 3 heterocycles. The summed E-state index contributed by atoms with van der Waals surface area (Å²) in [5, 5.41) is 24.6. The lowest BCUT2D eigenvalue weighted by molar-refractivity contribution is -0.134. The Kier molecular flexibility index (Phi) is 8.01. The van der Waals surface area contributed by atoms with Gasteiger partial charge in [-0.2, -0.15) is 0 Å². The van der Waals surface area contributed by atoms with Gasteiger partial charge < -0.3 is 25.7 Å². The van der Waals surface area contributed by atoms with Crippen molar-refractivity contribution in [2.75, 3.05) is 25.0 Å². The lowest BCUT2D eigenvalue weighted by Crippen LogP contribution is -2.72. The number of β-amino-alcohol motifs (C(OH)–C–C–N with tert-alkyl or cyclic N) is 1. The second-order valence-corrected chi connectivity index (χ2v) is 9.20. The van der Waals surface area contributed by atoms with Crippen molar-refractivity contribution in [2.24, 2.45) is 0 Å². The number of nitrogens with zero attached hydrogens (tertiary/aromatic N) is 2. The summed E-state index contributed by atoms with van der Waals surface area (Å²) in [5.74, 6) is -1.42. The van der Waals surface area contributed by atoms with Crippen molar-refractivity contribution in [3.8, 4) is 0 Å². The van der Waals surface area contributed by atoms with E-state index in [9.17, 15) is 14.3 Å². The summed E-state index contributed by atoms with van der Waals surface area (Å²) >= 11 is 2.04. The van der Waals surface area contributed by atoms with Crippen LogP contribution in [0.4, 0.5) is 15.8 Å². The number of pyridine rings is 1. The molecule has 0 spiro atoms. The summed E-state index contributed by atoms with van der Waals surface area (Å²) in [5.41, 5.74) is 0.262. The summed E-state index contributed by atoms with van der Waals surface area (Å²) in [6.45, 7) is 2.58. The first kappa shape index (κ1) is 24.3. The third-order valence-electron chi connectivity index (χ3n) is 5.43. The SMILES string of the molecule is CC(=O)O.O=C(c1ccncc1Nc1ccc(I)cc1F)N1CC(O)(C2CCCCN2)C1. The first-order chi connectivity index (χ1) is 15.2. The summed E-state index contributed by atoms with van der Waals surface area (Å²) in [4.78, 5) is 27.7. The highest BCUT2D eigenvalue weighted by atomic mass is 127. The second-order valence-electron chi connectivity index (χ2n) is 7.96. The fraction of sp³-hybridized carbons (Fsp3) is 0.409. The molecule has 32 heavy (non-hydrogen) atoms. The lowest BCUT2D eigenvalue weighted by Gasteiger charge is -2.51. The Balaban J connectivity index is 0.000000668. The van der Waals surface area contributed by atoms with E-state index >= 15 is 0 Å². The average Bonchev–Trinajstić information content (AvgIpc) is 2.73. The smallest absolute Gasteiger partial charge is 0.300 e. The van der Waals surface area contributed by atoms with E-state index in [4.69, 9.17) is 9.90 Å². The number of rotatable bonds is 4. The zero-order valence-electron chi connectivity index (χ0n) is 17.6. The van der Waals surface area contributed by atoms with Crippen LogP contribution in [0.2, 0.25) is 0 Å². The summed E-state index contributed by atoms with van der Waals surface area (Å²) in [7, 11) is 0. The molecule has 1 aromatic heterocycles. The van der Waals surface area contributed by atoms with Gasteiger partial charge in [-0.1, -0.05) is 6.42 Å². The number of aromatic nitrogens is 1. The van der Waals surface area contributed by atoms with Crippen molar-refractivity contribution >= 4 is 45.8 Å². The number of carbonyl (C=O) groups excluding carboxylic acids is 1. The lowest BCUT2D eigenvalue weighted by atomic mass is 9.81. The van der Waals surface area contributed by atoms with Gasteiger partial charge in [0.25, 0.3) is 11.9 Å². The van der Waals surface area contributed by atoms with E-state index in [0.717, 1.165) is 36.3 Å². The van der Waals surface area contributed by atoms with Crippen LogP contribution in [0.1, 0.15) is 36.5 Å². The topological polar surface area (TPSA) is 115 Å². The predicted octanol–water partition coefficient (Wildman–Crippen LogP) is 2.99. The van der Waals surface area contributed by atoms with Crippen LogP contribution in [0.3, 0.4) is 0 Å². The third-order valence-corrected chi connectivity index (χ3v) is 6.10. The number of hydrogen-bond acceptors (Lipinski definition) is 6. The van der Waals surface area contributed by atoms with Gasteiger partial charge in [0.1, 0.15) is 11.4 Å². The number of nitrogens with one attached hydrogen (secondary N) is 2.